The minimum absolute atomic E-state index is 0.105. The van der Waals surface area contributed by atoms with Gasteiger partial charge in [0.15, 0.2) is 12.2 Å². The molecule has 0 aromatic rings. The molecule has 0 aliphatic heterocycles. The van der Waals surface area contributed by atoms with E-state index >= 15 is 0 Å². The highest BCUT2D eigenvalue weighted by Gasteiger charge is 2.30. The predicted octanol–water partition coefficient (Wildman–Crippen LogP) is 19.3. The Morgan fingerprint density at radius 3 is 0.807 bits per heavy atom. The van der Waals surface area contributed by atoms with Crippen LogP contribution >= 0.6 is 15.6 Å². The van der Waals surface area contributed by atoms with Gasteiger partial charge in [-0.1, -0.05) is 287 Å². The molecule has 0 spiro atoms. The molecule has 0 amide bonds. The first-order chi connectivity index (χ1) is 42.1. The van der Waals surface area contributed by atoms with E-state index in [1.54, 1.807) is 0 Å². The maximum atomic E-state index is 13.0. The van der Waals surface area contributed by atoms with Gasteiger partial charge in [0.25, 0.3) is 0 Å². The van der Waals surface area contributed by atoms with Crippen molar-refractivity contribution in [1.82, 2.24) is 0 Å². The van der Waals surface area contributed by atoms with Gasteiger partial charge < -0.3 is 33.8 Å². The number of aliphatic hydroxyl groups excluding tert-OH is 1. The number of ether oxygens (including phenoxy) is 4. The molecule has 0 heterocycles. The highest BCUT2D eigenvalue weighted by atomic mass is 31.2. The highest BCUT2D eigenvalue weighted by molar-refractivity contribution is 7.47. The zero-order valence-corrected chi connectivity index (χ0v) is 59.1. The van der Waals surface area contributed by atoms with Crippen LogP contribution in [-0.4, -0.2) is 96.7 Å². The van der Waals surface area contributed by atoms with Crippen LogP contribution in [0.5, 0.6) is 0 Å². The fourth-order valence-electron chi connectivity index (χ4n) is 10.3. The summed E-state index contributed by atoms with van der Waals surface area (Å²) in [5.74, 6) is 0.846. The molecule has 0 bridgehead atoms. The van der Waals surface area contributed by atoms with E-state index in [1.165, 1.54) is 135 Å². The van der Waals surface area contributed by atoms with Gasteiger partial charge in [-0.2, -0.15) is 0 Å². The molecule has 0 fully saturated rings. The lowest BCUT2D eigenvalue weighted by atomic mass is 9.99. The summed E-state index contributed by atoms with van der Waals surface area (Å²) in [5, 5.41) is 10.6. The number of esters is 4. The van der Waals surface area contributed by atoms with E-state index in [-0.39, 0.29) is 25.7 Å². The second-order valence-corrected chi connectivity index (χ2v) is 29.5. The van der Waals surface area contributed by atoms with Gasteiger partial charge in [-0.15, -0.1) is 0 Å². The average molecular weight is 1300 g/mol. The van der Waals surface area contributed by atoms with Crippen molar-refractivity contribution >= 4 is 39.5 Å². The summed E-state index contributed by atoms with van der Waals surface area (Å²) >= 11 is 0. The molecule has 17 nitrogen and oxygen atoms in total. The van der Waals surface area contributed by atoms with Crippen molar-refractivity contribution in [2.45, 2.75) is 356 Å². The Bertz CT molecular complexity index is 1750. The van der Waals surface area contributed by atoms with E-state index in [2.05, 4.69) is 55.4 Å². The van der Waals surface area contributed by atoms with E-state index in [0.29, 0.717) is 31.6 Å². The number of aliphatic hydroxyl groups is 1. The number of phosphoric acid groups is 2. The summed E-state index contributed by atoms with van der Waals surface area (Å²) in [5.41, 5.74) is 0. The minimum Gasteiger partial charge on any atom is -0.462 e. The number of unbranched alkanes of at least 4 members (excludes halogenated alkanes) is 31. The Morgan fingerprint density at radius 1 is 0.318 bits per heavy atom. The van der Waals surface area contributed by atoms with Crippen LogP contribution in [0.3, 0.4) is 0 Å². The van der Waals surface area contributed by atoms with E-state index in [1.807, 2.05) is 0 Å². The number of phosphoric ester groups is 2. The monoisotopic (exact) mass is 1300 g/mol. The van der Waals surface area contributed by atoms with Gasteiger partial charge in [0, 0.05) is 25.7 Å². The molecule has 0 radical (unpaired) electrons. The topological polar surface area (TPSA) is 237 Å². The van der Waals surface area contributed by atoms with Gasteiger partial charge >= 0.3 is 39.5 Å². The quantitative estimate of drug-likeness (QED) is 0.0222. The minimum atomic E-state index is -4.95. The van der Waals surface area contributed by atoms with Crippen LogP contribution < -0.4 is 0 Å². The van der Waals surface area contributed by atoms with Crippen LogP contribution in [0.1, 0.15) is 338 Å². The van der Waals surface area contributed by atoms with Crippen molar-refractivity contribution in [3.05, 3.63) is 0 Å². The van der Waals surface area contributed by atoms with Crippen LogP contribution in [0.2, 0.25) is 0 Å². The van der Waals surface area contributed by atoms with E-state index < -0.39 is 97.5 Å². The number of rotatable bonds is 66. The lowest BCUT2D eigenvalue weighted by Crippen LogP contribution is -2.30. The molecular formula is C69H134O17P2. The molecule has 88 heavy (non-hydrogen) atoms. The Balaban J connectivity index is 5.26. The molecule has 0 saturated carbocycles. The number of carbonyl (C=O) groups is 4. The maximum Gasteiger partial charge on any atom is 0.472 e. The molecule has 0 rings (SSSR count). The zero-order valence-electron chi connectivity index (χ0n) is 57.3. The Hall–Kier alpha value is -1.94. The summed E-state index contributed by atoms with van der Waals surface area (Å²) in [7, 11) is -9.90. The fraction of sp³-hybridized carbons (Fsp3) is 0.942. The first-order valence-corrected chi connectivity index (χ1v) is 38.7. The second kappa shape index (κ2) is 58.8. The van der Waals surface area contributed by atoms with Crippen LogP contribution in [0.15, 0.2) is 0 Å². The van der Waals surface area contributed by atoms with Crippen LogP contribution in [-0.2, 0) is 65.4 Å². The average Bonchev–Trinajstić information content (AvgIpc) is 3.61. The van der Waals surface area contributed by atoms with Gasteiger partial charge in [-0.3, -0.25) is 37.3 Å². The standard InChI is InChI=1S/C69H134O17P2/c1-9-62(8)48-40-32-23-17-11-13-19-26-36-44-52-69(74)86-65(56-80-67(72)50-42-34-28-27-31-39-47-61(6)7)58-84-88(77,78)82-54-63(70)53-81-87(75,76)83-57-64(55-79-66(71)49-41-33-24-20-14-16-22-30-38-46-60(4)5)85-68(73)51-43-35-25-18-12-10-15-21-29-37-45-59(2)3/h59-65,70H,9-58H2,1-8H3,(H,75,76)(H,77,78)/t62?,63-,64-,65-/m1/s1. The third-order valence-electron chi connectivity index (χ3n) is 16.2. The third-order valence-corrected chi connectivity index (χ3v) is 18.1. The van der Waals surface area contributed by atoms with Gasteiger partial charge in [-0.25, -0.2) is 9.13 Å². The molecular weight excluding hydrogens is 1160 g/mol. The molecule has 3 unspecified atom stereocenters. The van der Waals surface area contributed by atoms with Gasteiger partial charge in [-0.05, 0) is 49.4 Å². The molecule has 0 aromatic heterocycles. The summed E-state index contributed by atoms with van der Waals surface area (Å²) in [6.07, 6.45) is 40.4. The Labute approximate surface area is 537 Å². The molecule has 3 N–H and O–H groups in total. The fourth-order valence-corrected chi connectivity index (χ4v) is 11.9. The van der Waals surface area contributed by atoms with E-state index in [0.717, 1.165) is 114 Å². The summed E-state index contributed by atoms with van der Waals surface area (Å²) in [6, 6.07) is 0. The zero-order chi connectivity index (χ0) is 65.4. The first kappa shape index (κ1) is 86.1. The molecule has 522 valence electrons. The number of hydrogen-bond donors (Lipinski definition) is 3. The summed E-state index contributed by atoms with van der Waals surface area (Å²) < 4.78 is 68.2. The predicted molar refractivity (Wildman–Crippen MR) is 354 cm³/mol. The second-order valence-electron chi connectivity index (χ2n) is 26.6. The molecule has 0 saturated heterocycles. The van der Waals surface area contributed by atoms with Crippen molar-refractivity contribution in [3.63, 3.8) is 0 Å². The number of carbonyl (C=O) groups excluding carboxylic acids is 4. The van der Waals surface area contributed by atoms with Crippen molar-refractivity contribution in [2.24, 2.45) is 23.7 Å². The largest absolute Gasteiger partial charge is 0.472 e. The molecule has 0 aliphatic carbocycles. The summed E-state index contributed by atoms with van der Waals surface area (Å²) in [4.78, 5) is 72.5. The molecule has 19 heteroatoms. The molecule has 0 aromatic carbocycles. The SMILES string of the molecule is CCC(C)CCCCCCCCCCCCC(=O)O[C@H](COC(=O)CCCCCCCCC(C)C)COP(=O)(O)OC[C@H](O)COP(=O)(O)OC[C@@H](COC(=O)CCCCCCCCCCCC(C)C)OC(=O)CCCCCCCCCCCCC(C)C. The normalized spacial score (nSPS) is 14.6. The first-order valence-electron chi connectivity index (χ1n) is 35.7. The van der Waals surface area contributed by atoms with Crippen LogP contribution in [0, 0.1) is 23.7 Å². The van der Waals surface area contributed by atoms with E-state index in [9.17, 15) is 43.2 Å². The summed E-state index contributed by atoms with van der Waals surface area (Å²) in [6.45, 7) is 14.1. The maximum absolute atomic E-state index is 13.0. The van der Waals surface area contributed by atoms with Crippen molar-refractivity contribution in [1.29, 1.82) is 0 Å². The van der Waals surface area contributed by atoms with Crippen molar-refractivity contribution in [3.8, 4) is 0 Å². The van der Waals surface area contributed by atoms with E-state index in [4.69, 9.17) is 37.0 Å². The van der Waals surface area contributed by atoms with Gasteiger partial charge in [0.2, 0.25) is 0 Å². The third kappa shape index (κ3) is 61.6. The lowest BCUT2D eigenvalue weighted by Gasteiger charge is -2.21. The number of hydrogen-bond acceptors (Lipinski definition) is 15. The van der Waals surface area contributed by atoms with Crippen molar-refractivity contribution < 1.29 is 80.2 Å². The Morgan fingerprint density at radius 2 is 0.545 bits per heavy atom. The van der Waals surface area contributed by atoms with Crippen LogP contribution in [0.4, 0.5) is 0 Å². The molecule has 0 aliphatic rings. The van der Waals surface area contributed by atoms with Crippen molar-refractivity contribution in [2.75, 3.05) is 39.6 Å². The lowest BCUT2D eigenvalue weighted by molar-refractivity contribution is -0.161. The smallest absolute Gasteiger partial charge is 0.462 e. The molecule has 6 atom stereocenters. The Kier molecular flexibility index (Phi) is 57.6. The van der Waals surface area contributed by atoms with Gasteiger partial charge in [0.1, 0.15) is 19.3 Å². The highest BCUT2D eigenvalue weighted by Crippen LogP contribution is 2.45. The van der Waals surface area contributed by atoms with Crippen LogP contribution in [0.25, 0.3) is 0 Å². The van der Waals surface area contributed by atoms with Gasteiger partial charge in [0.05, 0.1) is 26.4 Å².